The molecule has 8 nitrogen and oxygen atoms in total. The van der Waals surface area contributed by atoms with Crippen LogP contribution in [0.5, 0.6) is 0 Å². The second-order valence-electron chi connectivity index (χ2n) is 4.50. The predicted octanol–water partition coefficient (Wildman–Crippen LogP) is 0.0172. The van der Waals surface area contributed by atoms with Crippen molar-refractivity contribution in [2.24, 2.45) is 12.8 Å². The third-order valence-electron chi connectivity index (χ3n) is 2.86. The van der Waals surface area contributed by atoms with Crippen LogP contribution in [-0.4, -0.2) is 37.8 Å². The van der Waals surface area contributed by atoms with Crippen molar-refractivity contribution in [3.63, 3.8) is 0 Å². The van der Waals surface area contributed by atoms with E-state index in [1.165, 1.54) is 6.20 Å². The lowest BCUT2D eigenvalue weighted by Gasteiger charge is -2.10. The zero-order valence-corrected chi connectivity index (χ0v) is 11.1. The Bertz CT molecular complexity index is 679. The number of amides is 1. The van der Waals surface area contributed by atoms with E-state index in [0.717, 1.165) is 11.1 Å². The standard InChI is InChI=1S/C12H15N5O3/c1-6-8-3-7(5-14-11(8)17(2)16-6)15-12(20)9(13)4-10(18)19/h3,5,9H,4,13H2,1-2H3,(H,15,20)(H,18,19). The number of hydrogen-bond acceptors (Lipinski definition) is 5. The van der Waals surface area contributed by atoms with Crippen molar-refractivity contribution in [2.45, 2.75) is 19.4 Å². The molecule has 0 radical (unpaired) electrons. The fourth-order valence-corrected chi connectivity index (χ4v) is 1.89. The number of nitrogens with two attached hydrogens (primary N) is 1. The van der Waals surface area contributed by atoms with Gasteiger partial charge in [0.2, 0.25) is 5.91 Å². The van der Waals surface area contributed by atoms with E-state index in [4.69, 9.17) is 10.8 Å². The minimum Gasteiger partial charge on any atom is -0.481 e. The first kappa shape index (κ1) is 13.9. The Kier molecular flexibility index (Phi) is 3.66. The summed E-state index contributed by atoms with van der Waals surface area (Å²) in [5, 5.41) is 16.2. The summed E-state index contributed by atoms with van der Waals surface area (Å²) in [4.78, 5) is 26.4. The number of aliphatic carboxylic acids is 1. The summed E-state index contributed by atoms with van der Waals surface area (Å²) in [6.07, 6.45) is 1.06. The number of carbonyl (C=O) groups excluding carboxylic acids is 1. The second kappa shape index (κ2) is 5.25. The number of carboxylic acids is 1. The van der Waals surface area contributed by atoms with Crippen molar-refractivity contribution >= 4 is 28.6 Å². The van der Waals surface area contributed by atoms with E-state index < -0.39 is 24.3 Å². The number of fused-ring (bicyclic) bond motifs is 1. The van der Waals surface area contributed by atoms with Crippen LogP contribution in [0.3, 0.4) is 0 Å². The summed E-state index contributed by atoms with van der Waals surface area (Å²) < 4.78 is 1.65. The molecule has 2 aromatic rings. The average molecular weight is 277 g/mol. The molecule has 1 amide bonds. The number of pyridine rings is 1. The molecule has 0 saturated carbocycles. The van der Waals surface area contributed by atoms with Gasteiger partial charge in [0.15, 0.2) is 5.65 Å². The Morgan fingerprint density at radius 2 is 2.25 bits per heavy atom. The summed E-state index contributed by atoms with van der Waals surface area (Å²) in [5.41, 5.74) is 7.44. The first-order chi connectivity index (χ1) is 9.38. The zero-order chi connectivity index (χ0) is 14.9. The van der Waals surface area contributed by atoms with Gasteiger partial charge in [0.05, 0.1) is 30.0 Å². The van der Waals surface area contributed by atoms with E-state index in [2.05, 4.69) is 15.4 Å². The molecule has 106 valence electrons. The van der Waals surface area contributed by atoms with Gasteiger partial charge in [-0.15, -0.1) is 0 Å². The highest BCUT2D eigenvalue weighted by Gasteiger charge is 2.17. The summed E-state index contributed by atoms with van der Waals surface area (Å²) in [6.45, 7) is 1.84. The SMILES string of the molecule is Cc1nn(C)c2ncc(NC(=O)C(N)CC(=O)O)cc12. The topological polar surface area (TPSA) is 123 Å². The first-order valence-electron chi connectivity index (χ1n) is 5.96. The molecule has 0 spiro atoms. The Balaban J connectivity index is 2.20. The van der Waals surface area contributed by atoms with Gasteiger partial charge in [-0.3, -0.25) is 14.3 Å². The number of nitrogens with zero attached hydrogens (tertiary/aromatic N) is 3. The Morgan fingerprint density at radius 3 is 2.90 bits per heavy atom. The smallest absolute Gasteiger partial charge is 0.305 e. The molecule has 2 heterocycles. The number of carboxylic acid groups (broad SMARTS) is 1. The largest absolute Gasteiger partial charge is 0.481 e. The van der Waals surface area contributed by atoms with Crippen molar-refractivity contribution in [3.8, 4) is 0 Å². The third kappa shape index (κ3) is 2.75. The monoisotopic (exact) mass is 277 g/mol. The highest BCUT2D eigenvalue weighted by atomic mass is 16.4. The van der Waals surface area contributed by atoms with Gasteiger partial charge in [-0.2, -0.15) is 5.10 Å². The molecule has 1 unspecified atom stereocenters. The van der Waals surface area contributed by atoms with E-state index in [9.17, 15) is 9.59 Å². The van der Waals surface area contributed by atoms with Crippen molar-refractivity contribution in [2.75, 3.05) is 5.32 Å². The number of rotatable bonds is 4. The number of nitrogens with one attached hydrogen (secondary N) is 1. The molecule has 0 saturated heterocycles. The van der Waals surface area contributed by atoms with Gasteiger partial charge in [-0.25, -0.2) is 4.98 Å². The minimum atomic E-state index is -1.12. The molecule has 0 aliphatic rings. The van der Waals surface area contributed by atoms with Crippen molar-refractivity contribution in [1.29, 1.82) is 0 Å². The molecule has 0 aromatic carbocycles. The molecule has 0 aliphatic heterocycles. The van der Waals surface area contributed by atoms with Crippen LogP contribution < -0.4 is 11.1 Å². The second-order valence-corrected chi connectivity index (χ2v) is 4.50. The number of anilines is 1. The lowest BCUT2D eigenvalue weighted by Crippen LogP contribution is -2.37. The number of carbonyl (C=O) groups is 2. The Hall–Kier alpha value is -2.48. The zero-order valence-electron chi connectivity index (χ0n) is 11.1. The molecule has 0 fully saturated rings. The highest BCUT2D eigenvalue weighted by molar-refractivity contribution is 5.97. The maximum Gasteiger partial charge on any atom is 0.305 e. The van der Waals surface area contributed by atoms with Gasteiger partial charge in [0, 0.05) is 12.4 Å². The third-order valence-corrected chi connectivity index (χ3v) is 2.86. The van der Waals surface area contributed by atoms with Crippen LogP contribution >= 0.6 is 0 Å². The lowest BCUT2D eigenvalue weighted by atomic mass is 10.2. The summed E-state index contributed by atoms with van der Waals surface area (Å²) in [6, 6.07) is 0.633. The van der Waals surface area contributed by atoms with Gasteiger partial charge in [0.1, 0.15) is 0 Å². The van der Waals surface area contributed by atoms with Crippen LogP contribution in [0.1, 0.15) is 12.1 Å². The fourth-order valence-electron chi connectivity index (χ4n) is 1.89. The van der Waals surface area contributed by atoms with Crippen LogP contribution in [-0.2, 0) is 16.6 Å². The average Bonchev–Trinajstić information content (AvgIpc) is 2.64. The van der Waals surface area contributed by atoms with Crippen molar-refractivity contribution < 1.29 is 14.7 Å². The molecule has 0 bridgehead atoms. The predicted molar refractivity (Wildman–Crippen MR) is 72.1 cm³/mol. The fraction of sp³-hybridized carbons (Fsp3) is 0.333. The molecule has 1 atom stereocenters. The van der Waals surface area contributed by atoms with Gasteiger partial charge >= 0.3 is 5.97 Å². The molecule has 8 heteroatoms. The first-order valence-corrected chi connectivity index (χ1v) is 5.96. The van der Waals surface area contributed by atoms with Gasteiger partial charge in [-0.1, -0.05) is 0 Å². The Morgan fingerprint density at radius 1 is 1.55 bits per heavy atom. The van der Waals surface area contributed by atoms with Crippen LogP contribution in [0, 0.1) is 6.92 Å². The quantitative estimate of drug-likeness (QED) is 0.723. The van der Waals surface area contributed by atoms with Crippen molar-refractivity contribution in [3.05, 3.63) is 18.0 Å². The van der Waals surface area contributed by atoms with E-state index in [-0.39, 0.29) is 0 Å². The molecule has 2 rings (SSSR count). The summed E-state index contributed by atoms with van der Waals surface area (Å²) in [7, 11) is 1.78. The van der Waals surface area contributed by atoms with Crippen LogP contribution in [0.25, 0.3) is 11.0 Å². The Labute approximate surface area is 114 Å². The van der Waals surface area contributed by atoms with Gasteiger partial charge in [-0.05, 0) is 13.0 Å². The number of hydrogen-bond donors (Lipinski definition) is 3. The van der Waals surface area contributed by atoms with Gasteiger partial charge in [0.25, 0.3) is 0 Å². The lowest BCUT2D eigenvalue weighted by molar-refractivity contribution is -0.138. The highest BCUT2D eigenvalue weighted by Crippen LogP contribution is 2.19. The van der Waals surface area contributed by atoms with Crippen LogP contribution in [0.2, 0.25) is 0 Å². The molecule has 20 heavy (non-hydrogen) atoms. The van der Waals surface area contributed by atoms with Gasteiger partial charge < -0.3 is 16.2 Å². The number of aromatic nitrogens is 3. The van der Waals surface area contributed by atoms with E-state index >= 15 is 0 Å². The molecule has 2 aromatic heterocycles. The molecular weight excluding hydrogens is 262 g/mol. The molecule has 4 N–H and O–H groups in total. The molecular formula is C12H15N5O3. The van der Waals surface area contributed by atoms with E-state index in [1.54, 1.807) is 17.8 Å². The summed E-state index contributed by atoms with van der Waals surface area (Å²) in [5.74, 6) is -1.68. The van der Waals surface area contributed by atoms with E-state index in [1.807, 2.05) is 6.92 Å². The van der Waals surface area contributed by atoms with E-state index in [0.29, 0.717) is 11.3 Å². The number of aryl methyl sites for hydroxylation is 2. The van der Waals surface area contributed by atoms with Crippen LogP contribution in [0.15, 0.2) is 12.3 Å². The summed E-state index contributed by atoms with van der Waals surface area (Å²) >= 11 is 0. The maximum absolute atomic E-state index is 11.7. The minimum absolute atomic E-state index is 0.423. The van der Waals surface area contributed by atoms with Crippen LogP contribution in [0.4, 0.5) is 5.69 Å². The normalized spacial score (nSPS) is 12.3. The maximum atomic E-state index is 11.7. The van der Waals surface area contributed by atoms with Crippen molar-refractivity contribution in [1.82, 2.24) is 14.8 Å². The molecule has 0 aliphatic carbocycles.